The van der Waals surface area contributed by atoms with Gasteiger partial charge in [0, 0.05) is 6.04 Å². The van der Waals surface area contributed by atoms with Crippen LogP contribution in [0.5, 0.6) is 0 Å². The molecule has 2 aliphatic carbocycles. The van der Waals surface area contributed by atoms with Crippen LogP contribution in [0.1, 0.15) is 55.3 Å². The van der Waals surface area contributed by atoms with Crippen molar-refractivity contribution in [3.63, 3.8) is 0 Å². The molecule has 19 heavy (non-hydrogen) atoms. The Morgan fingerprint density at radius 1 is 1.16 bits per heavy atom. The molecule has 3 atom stereocenters. The van der Waals surface area contributed by atoms with Gasteiger partial charge in [0.1, 0.15) is 0 Å². The van der Waals surface area contributed by atoms with Crippen molar-refractivity contribution >= 4 is 0 Å². The molecule has 0 radical (unpaired) electrons. The van der Waals surface area contributed by atoms with Crippen LogP contribution >= 0.6 is 0 Å². The number of nitrogens with one attached hydrogen (secondary N) is 1. The van der Waals surface area contributed by atoms with E-state index < -0.39 is 0 Å². The van der Waals surface area contributed by atoms with Gasteiger partial charge in [-0.3, -0.25) is 0 Å². The Balaban J connectivity index is 1.80. The van der Waals surface area contributed by atoms with Gasteiger partial charge >= 0.3 is 0 Å². The monoisotopic (exact) mass is 257 g/mol. The maximum absolute atomic E-state index is 3.83. The van der Waals surface area contributed by atoms with Gasteiger partial charge in [-0.2, -0.15) is 0 Å². The molecular formula is C18H27N. The molecule has 0 saturated heterocycles. The molecule has 1 aromatic carbocycles. The summed E-state index contributed by atoms with van der Waals surface area (Å²) in [5.74, 6) is 3.01. The third-order valence-electron chi connectivity index (χ3n) is 5.13. The summed E-state index contributed by atoms with van der Waals surface area (Å²) in [6.45, 7) is 7.87. The second-order valence-electron chi connectivity index (χ2n) is 6.78. The Labute approximate surface area is 117 Å². The minimum atomic E-state index is 0.591. The summed E-state index contributed by atoms with van der Waals surface area (Å²) in [5, 5.41) is 3.83. The van der Waals surface area contributed by atoms with E-state index in [2.05, 4.69) is 44.3 Å². The third kappa shape index (κ3) is 2.72. The zero-order valence-electron chi connectivity index (χ0n) is 12.6. The molecule has 2 fully saturated rings. The van der Waals surface area contributed by atoms with E-state index in [0.29, 0.717) is 6.04 Å². The summed E-state index contributed by atoms with van der Waals surface area (Å²) in [6.07, 6.45) is 5.66. The van der Waals surface area contributed by atoms with E-state index in [4.69, 9.17) is 0 Å². The van der Waals surface area contributed by atoms with Crippen molar-refractivity contribution in [1.29, 1.82) is 0 Å². The largest absolute Gasteiger partial charge is 0.310 e. The van der Waals surface area contributed by atoms with Crippen molar-refractivity contribution < 1.29 is 0 Å². The highest BCUT2D eigenvalue weighted by molar-refractivity contribution is 5.33. The fourth-order valence-electron chi connectivity index (χ4n) is 4.04. The van der Waals surface area contributed by atoms with Gasteiger partial charge in [0.25, 0.3) is 0 Å². The molecule has 1 heteroatoms. The Morgan fingerprint density at radius 3 is 2.53 bits per heavy atom. The predicted molar refractivity (Wildman–Crippen MR) is 81.3 cm³/mol. The molecule has 1 aromatic rings. The van der Waals surface area contributed by atoms with Gasteiger partial charge < -0.3 is 5.32 Å². The first-order valence-corrected chi connectivity index (χ1v) is 7.99. The maximum atomic E-state index is 3.83. The number of hydrogen-bond donors (Lipinski definition) is 1. The van der Waals surface area contributed by atoms with Crippen LogP contribution in [0.15, 0.2) is 18.2 Å². The first kappa shape index (κ1) is 13.2. The Morgan fingerprint density at radius 2 is 1.89 bits per heavy atom. The van der Waals surface area contributed by atoms with Gasteiger partial charge in [0.2, 0.25) is 0 Å². The van der Waals surface area contributed by atoms with E-state index in [0.717, 1.165) is 24.3 Å². The zero-order chi connectivity index (χ0) is 13.4. The molecule has 3 rings (SSSR count). The molecule has 104 valence electrons. The summed E-state index contributed by atoms with van der Waals surface area (Å²) in [7, 11) is 0. The predicted octanol–water partition coefficient (Wildman–Crippen LogP) is 4.39. The topological polar surface area (TPSA) is 12.0 Å². The van der Waals surface area contributed by atoms with E-state index in [9.17, 15) is 0 Å². The lowest BCUT2D eigenvalue weighted by Crippen LogP contribution is -2.29. The van der Waals surface area contributed by atoms with Crippen LogP contribution in [-0.4, -0.2) is 6.54 Å². The minimum Gasteiger partial charge on any atom is -0.310 e. The molecule has 1 nitrogen and oxygen atoms in total. The molecule has 0 amide bonds. The molecule has 0 aromatic heterocycles. The molecule has 0 aliphatic heterocycles. The third-order valence-corrected chi connectivity index (χ3v) is 5.13. The highest BCUT2D eigenvalue weighted by atomic mass is 14.9. The second kappa shape index (κ2) is 5.28. The summed E-state index contributed by atoms with van der Waals surface area (Å²) < 4.78 is 0. The fraction of sp³-hybridized carbons (Fsp3) is 0.667. The quantitative estimate of drug-likeness (QED) is 0.825. The van der Waals surface area contributed by atoms with Gasteiger partial charge in [-0.15, -0.1) is 0 Å². The molecule has 2 aliphatic rings. The molecule has 0 heterocycles. The first-order valence-electron chi connectivity index (χ1n) is 7.99. The average Bonchev–Trinajstić information content (AvgIpc) is 2.99. The number of hydrogen-bond acceptors (Lipinski definition) is 1. The van der Waals surface area contributed by atoms with Crippen LogP contribution in [0.4, 0.5) is 0 Å². The van der Waals surface area contributed by atoms with E-state index in [1.165, 1.54) is 36.8 Å². The standard InChI is InChI=1S/C18H27N/c1-4-7-19-18(16-10-14-9-15(14)11-16)17-6-5-12(2)8-13(17)3/h5-6,8,14-16,18-19H,4,7,9-11H2,1-3H3. The lowest BCUT2D eigenvalue weighted by atomic mass is 9.86. The fourth-order valence-corrected chi connectivity index (χ4v) is 4.04. The van der Waals surface area contributed by atoms with Gasteiger partial charge in [-0.1, -0.05) is 30.7 Å². The highest BCUT2D eigenvalue weighted by Gasteiger charge is 2.48. The van der Waals surface area contributed by atoms with E-state index in [1.54, 1.807) is 5.56 Å². The second-order valence-corrected chi connectivity index (χ2v) is 6.78. The van der Waals surface area contributed by atoms with Crippen LogP contribution in [0.3, 0.4) is 0 Å². The lowest BCUT2D eigenvalue weighted by molar-refractivity contribution is 0.341. The Kier molecular flexibility index (Phi) is 3.66. The van der Waals surface area contributed by atoms with Crippen molar-refractivity contribution in [2.45, 2.75) is 52.5 Å². The van der Waals surface area contributed by atoms with Crippen LogP contribution in [0, 0.1) is 31.6 Å². The Bertz CT molecular complexity index is 441. The summed E-state index contributed by atoms with van der Waals surface area (Å²) in [6, 6.07) is 7.57. The molecule has 2 saturated carbocycles. The number of benzene rings is 1. The molecule has 0 bridgehead atoms. The normalized spacial score (nSPS) is 30.2. The number of rotatable bonds is 5. The van der Waals surface area contributed by atoms with Crippen molar-refractivity contribution in [3.8, 4) is 0 Å². The van der Waals surface area contributed by atoms with Crippen LogP contribution in [-0.2, 0) is 0 Å². The minimum absolute atomic E-state index is 0.591. The van der Waals surface area contributed by atoms with E-state index in [-0.39, 0.29) is 0 Å². The average molecular weight is 257 g/mol. The molecular weight excluding hydrogens is 230 g/mol. The summed E-state index contributed by atoms with van der Waals surface area (Å²) in [4.78, 5) is 0. The number of fused-ring (bicyclic) bond motifs is 1. The maximum Gasteiger partial charge on any atom is 0.0351 e. The highest BCUT2D eigenvalue weighted by Crippen LogP contribution is 2.57. The van der Waals surface area contributed by atoms with Crippen molar-refractivity contribution in [3.05, 3.63) is 34.9 Å². The lowest BCUT2D eigenvalue weighted by Gasteiger charge is -2.28. The summed E-state index contributed by atoms with van der Waals surface area (Å²) >= 11 is 0. The molecule has 1 N–H and O–H groups in total. The van der Waals surface area contributed by atoms with Crippen LogP contribution in [0.2, 0.25) is 0 Å². The van der Waals surface area contributed by atoms with Crippen molar-refractivity contribution in [2.24, 2.45) is 17.8 Å². The van der Waals surface area contributed by atoms with Gasteiger partial charge in [0.15, 0.2) is 0 Å². The van der Waals surface area contributed by atoms with E-state index in [1.807, 2.05) is 0 Å². The van der Waals surface area contributed by atoms with Crippen LogP contribution < -0.4 is 5.32 Å². The zero-order valence-corrected chi connectivity index (χ0v) is 12.6. The van der Waals surface area contributed by atoms with Gasteiger partial charge in [0.05, 0.1) is 0 Å². The van der Waals surface area contributed by atoms with E-state index >= 15 is 0 Å². The molecule has 3 unspecified atom stereocenters. The smallest absolute Gasteiger partial charge is 0.0351 e. The van der Waals surface area contributed by atoms with Crippen LogP contribution in [0.25, 0.3) is 0 Å². The van der Waals surface area contributed by atoms with Crippen molar-refractivity contribution in [1.82, 2.24) is 5.32 Å². The SMILES string of the molecule is CCCNC(c1ccc(C)cc1C)C1CC2CC2C1. The Hall–Kier alpha value is -0.820. The summed E-state index contributed by atoms with van der Waals surface area (Å²) in [5.41, 5.74) is 4.39. The van der Waals surface area contributed by atoms with Gasteiger partial charge in [-0.25, -0.2) is 0 Å². The number of aryl methyl sites for hydroxylation is 2. The molecule has 0 spiro atoms. The van der Waals surface area contributed by atoms with Crippen molar-refractivity contribution in [2.75, 3.05) is 6.54 Å². The van der Waals surface area contributed by atoms with Gasteiger partial charge in [-0.05, 0) is 75.0 Å². The first-order chi connectivity index (χ1) is 9.19.